The number of hydrogen-bond donors (Lipinski definition) is 0. The standard InChI is InChI=1S/C23H30O3S/c1-18(2)27(24,25)17-21-11-9-19(10-12-21)7-8-20-13-15-23(16-14-20)26-22-5-3-4-6-22/h9-16,18,22H,3-8,17H2,1-2H3. The second kappa shape index (κ2) is 8.92. The molecule has 0 radical (unpaired) electrons. The van der Waals surface area contributed by atoms with Crippen LogP contribution in [0.1, 0.15) is 56.2 Å². The van der Waals surface area contributed by atoms with Gasteiger partial charge in [-0.25, -0.2) is 8.42 Å². The van der Waals surface area contributed by atoms with Gasteiger partial charge in [-0.15, -0.1) is 0 Å². The zero-order valence-corrected chi connectivity index (χ0v) is 17.2. The molecule has 0 atom stereocenters. The number of ether oxygens (including phenoxy) is 1. The van der Waals surface area contributed by atoms with Crippen molar-refractivity contribution in [3.05, 3.63) is 65.2 Å². The summed E-state index contributed by atoms with van der Waals surface area (Å²) in [7, 11) is -3.04. The van der Waals surface area contributed by atoms with Gasteiger partial charge in [-0.1, -0.05) is 36.4 Å². The molecule has 0 bridgehead atoms. The summed E-state index contributed by atoms with van der Waals surface area (Å²) in [6.07, 6.45) is 7.23. The molecule has 0 N–H and O–H groups in total. The summed E-state index contributed by atoms with van der Waals surface area (Å²) >= 11 is 0. The second-order valence-corrected chi connectivity index (χ2v) is 10.4. The molecule has 1 saturated carbocycles. The molecule has 27 heavy (non-hydrogen) atoms. The molecule has 0 aliphatic heterocycles. The molecule has 1 fully saturated rings. The predicted molar refractivity (Wildman–Crippen MR) is 111 cm³/mol. The molecule has 3 rings (SSSR count). The van der Waals surface area contributed by atoms with Crippen LogP contribution in [0.4, 0.5) is 0 Å². The average molecular weight is 387 g/mol. The van der Waals surface area contributed by atoms with E-state index in [-0.39, 0.29) is 11.0 Å². The Bertz CT molecular complexity index is 815. The molecule has 1 aliphatic rings. The molecule has 0 aromatic heterocycles. The van der Waals surface area contributed by atoms with Gasteiger partial charge in [0.05, 0.1) is 17.1 Å². The third kappa shape index (κ3) is 5.83. The van der Waals surface area contributed by atoms with Gasteiger partial charge in [-0.05, 0) is 81.2 Å². The maximum Gasteiger partial charge on any atom is 0.156 e. The second-order valence-electron chi connectivity index (χ2n) is 7.84. The number of rotatable bonds is 8. The first kappa shape index (κ1) is 19.9. The minimum atomic E-state index is -3.04. The highest BCUT2D eigenvalue weighted by molar-refractivity contribution is 7.91. The van der Waals surface area contributed by atoms with E-state index in [0.717, 1.165) is 24.2 Å². The van der Waals surface area contributed by atoms with Crippen LogP contribution >= 0.6 is 0 Å². The van der Waals surface area contributed by atoms with Crippen LogP contribution in [0.5, 0.6) is 5.75 Å². The molecule has 0 unspecified atom stereocenters. The summed E-state index contributed by atoms with van der Waals surface area (Å²) in [5, 5.41) is -0.335. The van der Waals surface area contributed by atoms with Gasteiger partial charge in [-0.3, -0.25) is 0 Å². The van der Waals surface area contributed by atoms with Crippen molar-refractivity contribution in [2.75, 3.05) is 0 Å². The largest absolute Gasteiger partial charge is 0.490 e. The van der Waals surface area contributed by atoms with Gasteiger partial charge < -0.3 is 4.74 Å². The fourth-order valence-corrected chi connectivity index (χ4v) is 4.41. The molecule has 3 nitrogen and oxygen atoms in total. The van der Waals surface area contributed by atoms with Crippen molar-refractivity contribution >= 4 is 9.84 Å². The van der Waals surface area contributed by atoms with E-state index < -0.39 is 9.84 Å². The highest BCUT2D eigenvalue weighted by Crippen LogP contribution is 2.24. The van der Waals surface area contributed by atoms with Crippen LogP contribution in [-0.2, 0) is 28.4 Å². The monoisotopic (exact) mass is 386 g/mol. The lowest BCUT2D eigenvalue weighted by atomic mass is 10.0. The Balaban J connectivity index is 1.51. The zero-order valence-electron chi connectivity index (χ0n) is 16.4. The lowest BCUT2D eigenvalue weighted by Gasteiger charge is -2.13. The van der Waals surface area contributed by atoms with E-state index in [0.29, 0.717) is 6.10 Å². The molecule has 0 heterocycles. The quantitative estimate of drug-likeness (QED) is 0.633. The van der Waals surface area contributed by atoms with Crippen LogP contribution in [0.3, 0.4) is 0 Å². The number of benzene rings is 2. The Morgan fingerprint density at radius 3 is 1.85 bits per heavy atom. The minimum absolute atomic E-state index is 0.118. The van der Waals surface area contributed by atoms with E-state index in [1.54, 1.807) is 13.8 Å². The Kier molecular flexibility index (Phi) is 6.59. The topological polar surface area (TPSA) is 43.4 Å². The van der Waals surface area contributed by atoms with Crippen molar-refractivity contribution in [2.24, 2.45) is 0 Å². The van der Waals surface area contributed by atoms with Gasteiger partial charge >= 0.3 is 0 Å². The molecule has 0 spiro atoms. The summed E-state index contributed by atoms with van der Waals surface area (Å²) in [5.41, 5.74) is 3.38. The van der Waals surface area contributed by atoms with Gasteiger partial charge in [0.15, 0.2) is 9.84 Å². The molecule has 1 aliphatic carbocycles. The minimum Gasteiger partial charge on any atom is -0.490 e. The van der Waals surface area contributed by atoms with Crippen LogP contribution in [0.2, 0.25) is 0 Å². The molecule has 2 aromatic carbocycles. The van der Waals surface area contributed by atoms with Crippen LogP contribution in [-0.4, -0.2) is 19.8 Å². The fraction of sp³-hybridized carbons (Fsp3) is 0.478. The Labute approximate surface area is 163 Å². The summed E-state index contributed by atoms with van der Waals surface area (Å²) in [5.74, 6) is 1.09. The molecule has 2 aromatic rings. The van der Waals surface area contributed by atoms with Crippen molar-refractivity contribution in [3.63, 3.8) is 0 Å². The van der Waals surface area contributed by atoms with Crippen LogP contribution in [0.15, 0.2) is 48.5 Å². The van der Waals surface area contributed by atoms with Gasteiger partial charge in [0, 0.05) is 0 Å². The van der Waals surface area contributed by atoms with Crippen molar-refractivity contribution in [1.29, 1.82) is 0 Å². The van der Waals surface area contributed by atoms with E-state index >= 15 is 0 Å². The van der Waals surface area contributed by atoms with Crippen molar-refractivity contribution < 1.29 is 13.2 Å². The Morgan fingerprint density at radius 2 is 1.33 bits per heavy atom. The van der Waals surface area contributed by atoms with E-state index in [1.165, 1.54) is 36.8 Å². The normalized spacial score (nSPS) is 15.4. The van der Waals surface area contributed by atoms with Crippen molar-refractivity contribution in [1.82, 2.24) is 0 Å². The first-order valence-electron chi connectivity index (χ1n) is 9.97. The summed E-state index contributed by atoms with van der Waals surface area (Å²) < 4.78 is 30.1. The molecule has 4 heteroatoms. The van der Waals surface area contributed by atoms with Crippen LogP contribution < -0.4 is 4.74 Å². The molecule has 0 saturated heterocycles. The summed E-state index contributed by atoms with van der Waals surface area (Å²) in [6, 6.07) is 16.4. The molecule has 0 amide bonds. The predicted octanol–water partition coefficient (Wildman–Crippen LogP) is 5.12. The smallest absolute Gasteiger partial charge is 0.156 e. The molecular formula is C23H30O3S. The van der Waals surface area contributed by atoms with Gasteiger partial charge in [-0.2, -0.15) is 0 Å². The van der Waals surface area contributed by atoms with E-state index in [2.05, 4.69) is 24.3 Å². The van der Waals surface area contributed by atoms with Gasteiger partial charge in [0.25, 0.3) is 0 Å². The van der Waals surface area contributed by atoms with Crippen LogP contribution in [0, 0.1) is 0 Å². The summed E-state index contributed by atoms with van der Waals surface area (Å²) in [6.45, 7) is 3.46. The SMILES string of the molecule is CC(C)S(=O)(=O)Cc1ccc(CCc2ccc(OC3CCCC3)cc2)cc1. The van der Waals surface area contributed by atoms with Crippen molar-refractivity contribution in [2.45, 2.75) is 69.5 Å². The first-order valence-corrected chi connectivity index (χ1v) is 11.7. The number of sulfone groups is 1. The Hall–Kier alpha value is -1.81. The lowest BCUT2D eigenvalue weighted by Crippen LogP contribution is -2.15. The third-order valence-corrected chi connectivity index (χ3v) is 7.51. The summed E-state index contributed by atoms with van der Waals surface area (Å²) in [4.78, 5) is 0. The van der Waals surface area contributed by atoms with Crippen molar-refractivity contribution in [3.8, 4) is 5.75 Å². The number of aryl methyl sites for hydroxylation is 2. The van der Waals surface area contributed by atoms with Gasteiger partial charge in [0.1, 0.15) is 5.75 Å². The highest BCUT2D eigenvalue weighted by atomic mass is 32.2. The third-order valence-electron chi connectivity index (χ3n) is 5.34. The fourth-order valence-electron chi connectivity index (χ4n) is 3.42. The zero-order chi connectivity index (χ0) is 19.3. The van der Waals surface area contributed by atoms with E-state index in [1.807, 2.05) is 24.3 Å². The highest BCUT2D eigenvalue weighted by Gasteiger charge is 2.17. The maximum absolute atomic E-state index is 12.0. The molecular weight excluding hydrogens is 356 g/mol. The van der Waals surface area contributed by atoms with Crippen LogP contribution in [0.25, 0.3) is 0 Å². The number of hydrogen-bond acceptors (Lipinski definition) is 3. The maximum atomic E-state index is 12.0. The average Bonchev–Trinajstić information content (AvgIpc) is 3.15. The first-order chi connectivity index (χ1) is 12.9. The Morgan fingerprint density at radius 1 is 0.852 bits per heavy atom. The van der Waals surface area contributed by atoms with E-state index in [9.17, 15) is 8.42 Å². The molecule has 146 valence electrons. The lowest BCUT2D eigenvalue weighted by molar-refractivity contribution is 0.210. The van der Waals surface area contributed by atoms with Gasteiger partial charge in [0.2, 0.25) is 0 Å². The van der Waals surface area contributed by atoms with E-state index in [4.69, 9.17) is 4.74 Å².